The first-order valence-corrected chi connectivity index (χ1v) is 7.02. The van der Waals surface area contributed by atoms with Crippen LogP contribution in [0, 0.1) is 5.92 Å². The van der Waals surface area contributed by atoms with Gasteiger partial charge < -0.3 is 10.6 Å². The summed E-state index contributed by atoms with van der Waals surface area (Å²) in [4.78, 5) is 6.46. The van der Waals surface area contributed by atoms with E-state index in [1.165, 1.54) is 18.4 Å². The maximum Gasteiger partial charge on any atom is 0.0270 e. The van der Waals surface area contributed by atoms with Crippen molar-refractivity contribution in [3.8, 4) is 0 Å². The first kappa shape index (κ1) is 15.1. The van der Waals surface area contributed by atoms with E-state index in [1.54, 1.807) is 0 Å². The summed E-state index contributed by atoms with van der Waals surface area (Å²) in [7, 11) is 2.19. The fourth-order valence-corrected chi connectivity index (χ4v) is 2.59. The Morgan fingerprint density at radius 2 is 1.83 bits per heavy atom. The molecular weight excluding hydrogens is 222 g/mol. The smallest absolute Gasteiger partial charge is 0.0270 e. The van der Waals surface area contributed by atoms with Gasteiger partial charge in [-0.2, -0.15) is 0 Å². The minimum atomic E-state index is 0.502. The number of nitrogens with zero attached hydrogens (tertiary/aromatic N) is 2. The summed E-state index contributed by atoms with van der Waals surface area (Å²) in [6.07, 6.45) is 7.19. The molecule has 0 saturated heterocycles. The van der Waals surface area contributed by atoms with Crippen molar-refractivity contribution in [3.63, 3.8) is 0 Å². The molecule has 0 radical (unpaired) electrons. The Morgan fingerprint density at radius 1 is 1.22 bits per heavy atom. The van der Waals surface area contributed by atoms with Crippen LogP contribution in [0.15, 0.2) is 24.5 Å². The number of aromatic nitrogens is 1. The SMILES string of the molecule is CCC(CC)C(CN)N(C)CCc1ccncc1. The van der Waals surface area contributed by atoms with Gasteiger partial charge in [0.2, 0.25) is 0 Å². The average molecular weight is 249 g/mol. The molecule has 102 valence electrons. The lowest BCUT2D eigenvalue weighted by Gasteiger charge is -2.33. The Bertz CT molecular complexity index is 309. The number of rotatable bonds is 8. The van der Waals surface area contributed by atoms with Crippen molar-refractivity contribution in [1.29, 1.82) is 0 Å². The number of likely N-dealkylation sites (N-methyl/N-ethyl adjacent to an activating group) is 1. The predicted molar refractivity (Wildman–Crippen MR) is 77.5 cm³/mol. The van der Waals surface area contributed by atoms with Crippen molar-refractivity contribution in [2.45, 2.75) is 39.2 Å². The van der Waals surface area contributed by atoms with Crippen LogP contribution in [0.4, 0.5) is 0 Å². The fraction of sp³-hybridized carbons (Fsp3) is 0.667. The van der Waals surface area contributed by atoms with Crippen molar-refractivity contribution in [2.75, 3.05) is 20.1 Å². The second kappa shape index (κ2) is 8.22. The Balaban J connectivity index is 2.49. The Hall–Kier alpha value is -0.930. The third-order valence-electron chi connectivity index (χ3n) is 3.90. The molecule has 0 aliphatic carbocycles. The molecule has 0 fully saturated rings. The minimum Gasteiger partial charge on any atom is -0.329 e. The largest absolute Gasteiger partial charge is 0.329 e. The highest BCUT2D eigenvalue weighted by molar-refractivity contribution is 5.09. The molecule has 3 nitrogen and oxygen atoms in total. The molecule has 0 bridgehead atoms. The number of hydrogen-bond donors (Lipinski definition) is 1. The molecule has 1 aromatic heterocycles. The van der Waals surface area contributed by atoms with Gasteiger partial charge in [0.15, 0.2) is 0 Å². The molecule has 1 atom stereocenters. The molecule has 1 aromatic rings. The highest BCUT2D eigenvalue weighted by atomic mass is 15.1. The number of pyridine rings is 1. The second-order valence-electron chi connectivity index (χ2n) is 4.97. The van der Waals surface area contributed by atoms with Crippen LogP contribution in [-0.4, -0.2) is 36.1 Å². The van der Waals surface area contributed by atoms with Crippen molar-refractivity contribution in [3.05, 3.63) is 30.1 Å². The van der Waals surface area contributed by atoms with Gasteiger partial charge in [0, 0.05) is 31.5 Å². The lowest BCUT2D eigenvalue weighted by atomic mass is 9.93. The van der Waals surface area contributed by atoms with E-state index in [9.17, 15) is 0 Å². The van der Waals surface area contributed by atoms with Gasteiger partial charge in [-0.25, -0.2) is 0 Å². The van der Waals surface area contributed by atoms with Crippen LogP contribution < -0.4 is 5.73 Å². The van der Waals surface area contributed by atoms with E-state index in [2.05, 4.69) is 42.9 Å². The standard InChI is InChI=1S/C15H27N3/c1-4-14(5-2)15(12-16)18(3)11-8-13-6-9-17-10-7-13/h6-7,9-10,14-15H,4-5,8,11-12,16H2,1-3H3. The van der Waals surface area contributed by atoms with Crippen LogP contribution in [0.2, 0.25) is 0 Å². The summed E-state index contributed by atoms with van der Waals surface area (Å²) in [5.41, 5.74) is 7.29. The summed E-state index contributed by atoms with van der Waals surface area (Å²) in [5, 5.41) is 0. The first-order valence-electron chi connectivity index (χ1n) is 7.02. The Morgan fingerprint density at radius 3 is 2.33 bits per heavy atom. The highest BCUT2D eigenvalue weighted by Crippen LogP contribution is 2.17. The Kier molecular flexibility index (Phi) is 6.91. The van der Waals surface area contributed by atoms with Crippen molar-refractivity contribution in [2.24, 2.45) is 11.7 Å². The summed E-state index contributed by atoms with van der Waals surface area (Å²) in [5.74, 6) is 0.706. The molecule has 0 amide bonds. The molecule has 1 unspecified atom stereocenters. The number of nitrogens with two attached hydrogens (primary N) is 1. The summed E-state index contributed by atoms with van der Waals surface area (Å²) >= 11 is 0. The molecule has 18 heavy (non-hydrogen) atoms. The monoisotopic (exact) mass is 249 g/mol. The van der Waals surface area contributed by atoms with Gasteiger partial charge in [0.05, 0.1) is 0 Å². The number of hydrogen-bond acceptors (Lipinski definition) is 3. The molecule has 1 heterocycles. The molecular formula is C15H27N3. The minimum absolute atomic E-state index is 0.502. The van der Waals surface area contributed by atoms with Gasteiger partial charge in [-0.3, -0.25) is 4.98 Å². The molecule has 0 spiro atoms. The molecule has 0 aliphatic rings. The van der Waals surface area contributed by atoms with Crippen molar-refractivity contribution in [1.82, 2.24) is 9.88 Å². The van der Waals surface area contributed by atoms with Crippen LogP contribution >= 0.6 is 0 Å². The molecule has 0 aliphatic heterocycles. The zero-order valence-corrected chi connectivity index (χ0v) is 12.0. The van der Waals surface area contributed by atoms with E-state index < -0.39 is 0 Å². The molecule has 1 rings (SSSR count). The maximum atomic E-state index is 5.94. The van der Waals surface area contributed by atoms with Gasteiger partial charge in [-0.05, 0) is 37.1 Å². The zero-order valence-electron chi connectivity index (χ0n) is 12.0. The van der Waals surface area contributed by atoms with Gasteiger partial charge in [0.1, 0.15) is 0 Å². The van der Waals surface area contributed by atoms with Crippen LogP contribution in [0.3, 0.4) is 0 Å². The molecule has 0 aromatic carbocycles. The van der Waals surface area contributed by atoms with E-state index in [1.807, 2.05) is 12.4 Å². The highest BCUT2D eigenvalue weighted by Gasteiger charge is 2.20. The van der Waals surface area contributed by atoms with Gasteiger partial charge in [-0.15, -0.1) is 0 Å². The lowest BCUT2D eigenvalue weighted by Crippen LogP contribution is -2.44. The molecule has 2 N–H and O–H groups in total. The zero-order chi connectivity index (χ0) is 13.4. The van der Waals surface area contributed by atoms with Gasteiger partial charge >= 0.3 is 0 Å². The van der Waals surface area contributed by atoms with E-state index in [0.29, 0.717) is 12.0 Å². The van der Waals surface area contributed by atoms with Crippen LogP contribution in [-0.2, 0) is 6.42 Å². The maximum absolute atomic E-state index is 5.94. The molecule has 3 heteroatoms. The fourth-order valence-electron chi connectivity index (χ4n) is 2.59. The third kappa shape index (κ3) is 4.39. The van der Waals surface area contributed by atoms with Crippen LogP contribution in [0.5, 0.6) is 0 Å². The normalized spacial score (nSPS) is 13.2. The quantitative estimate of drug-likeness (QED) is 0.769. The topological polar surface area (TPSA) is 42.1 Å². The summed E-state index contributed by atoms with van der Waals surface area (Å²) in [6.45, 7) is 6.32. The van der Waals surface area contributed by atoms with Gasteiger partial charge in [-0.1, -0.05) is 26.7 Å². The average Bonchev–Trinajstić information content (AvgIpc) is 2.43. The molecule has 0 saturated carbocycles. The van der Waals surface area contributed by atoms with Crippen molar-refractivity contribution < 1.29 is 0 Å². The van der Waals surface area contributed by atoms with E-state index in [-0.39, 0.29) is 0 Å². The lowest BCUT2D eigenvalue weighted by molar-refractivity contribution is 0.174. The second-order valence-corrected chi connectivity index (χ2v) is 4.97. The van der Waals surface area contributed by atoms with E-state index in [4.69, 9.17) is 5.73 Å². The Labute approximate surface area is 111 Å². The van der Waals surface area contributed by atoms with E-state index in [0.717, 1.165) is 19.5 Å². The van der Waals surface area contributed by atoms with E-state index >= 15 is 0 Å². The van der Waals surface area contributed by atoms with Crippen LogP contribution in [0.1, 0.15) is 32.3 Å². The summed E-state index contributed by atoms with van der Waals surface area (Å²) in [6, 6.07) is 4.67. The predicted octanol–water partition coefficient (Wildman–Crippen LogP) is 2.32. The third-order valence-corrected chi connectivity index (χ3v) is 3.90. The van der Waals surface area contributed by atoms with Crippen molar-refractivity contribution >= 4 is 0 Å². The first-order chi connectivity index (χ1) is 8.72. The van der Waals surface area contributed by atoms with Gasteiger partial charge in [0.25, 0.3) is 0 Å². The summed E-state index contributed by atoms with van der Waals surface area (Å²) < 4.78 is 0. The van der Waals surface area contributed by atoms with Crippen LogP contribution in [0.25, 0.3) is 0 Å².